The molecule has 168 valence electrons. The molecule has 0 radical (unpaired) electrons. The number of carbonyl (C=O) groups excluding carboxylic acids is 1. The third kappa shape index (κ3) is 5.73. The monoisotopic (exact) mass is 437 g/mol. The van der Waals surface area contributed by atoms with E-state index in [4.69, 9.17) is 19.3 Å². The summed E-state index contributed by atoms with van der Waals surface area (Å²) >= 11 is 0. The van der Waals surface area contributed by atoms with Gasteiger partial charge < -0.3 is 29.6 Å². The highest BCUT2D eigenvalue weighted by molar-refractivity contribution is 5.91. The summed E-state index contributed by atoms with van der Waals surface area (Å²) in [6.07, 6.45) is 1.85. The molecule has 4 rings (SSSR count). The maximum absolute atomic E-state index is 12.9. The average molecular weight is 437 g/mol. The van der Waals surface area contributed by atoms with E-state index in [2.05, 4.69) is 15.3 Å². The zero-order valence-electron chi connectivity index (χ0n) is 17.7. The standard InChI is InChI=1S/C24H27N3O5/c28-10-11-30-12-13-31-23-15-18(17-6-2-1-3-7-17)14-21(32-23)24(29)25-16-22-26-19-8-4-5-9-20(19)27-22/h1-9,14,18,23,28H,10-13,15-16H2,(H,25,29)(H,26,27)/t18-,23+/m0/s1. The van der Waals surface area contributed by atoms with Crippen LogP contribution in [0.1, 0.15) is 23.7 Å². The van der Waals surface area contributed by atoms with Crippen LogP contribution in [0.15, 0.2) is 66.4 Å². The SMILES string of the molecule is O=C(NCc1nc2ccccc2[nH]1)C1=C[C@H](c2ccccc2)C[C@H](OCCOCCO)O1. The Morgan fingerprint density at radius 3 is 2.75 bits per heavy atom. The number of nitrogens with zero attached hydrogens (tertiary/aromatic N) is 1. The van der Waals surface area contributed by atoms with Crippen LogP contribution in [0.25, 0.3) is 11.0 Å². The lowest BCUT2D eigenvalue weighted by Gasteiger charge is -2.29. The molecule has 0 fully saturated rings. The van der Waals surface area contributed by atoms with Crippen molar-refractivity contribution in [3.05, 3.63) is 77.8 Å². The predicted octanol–water partition coefficient (Wildman–Crippen LogP) is 2.62. The first-order valence-electron chi connectivity index (χ1n) is 10.7. The van der Waals surface area contributed by atoms with Crippen LogP contribution in [0.2, 0.25) is 0 Å². The smallest absolute Gasteiger partial charge is 0.286 e. The number of ether oxygens (including phenoxy) is 3. The summed E-state index contributed by atoms with van der Waals surface area (Å²) in [6, 6.07) is 17.7. The quantitative estimate of drug-likeness (QED) is 0.421. The number of benzene rings is 2. The molecule has 1 aliphatic heterocycles. The Bertz CT molecular complexity index is 1020. The number of rotatable bonds is 10. The Labute approximate surface area is 186 Å². The molecule has 0 aliphatic carbocycles. The molecule has 2 heterocycles. The lowest BCUT2D eigenvalue weighted by atomic mass is 9.93. The van der Waals surface area contributed by atoms with E-state index >= 15 is 0 Å². The number of H-pyrrole nitrogens is 1. The van der Waals surface area contributed by atoms with Gasteiger partial charge in [0, 0.05) is 12.3 Å². The molecule has 0 bridgehead atoms. The largest absolute Gasteiger partial charge is 0.459 e. The molecule has 0 spiro atoms. The number of aliphatic hydroxyl groups excluding tert-OH is 1. The Kier molecular flexibility index (Phi) is 7.50. The van der Waals surface area contributed by atoms with Crippen LogP contribution < -0.4 is 5.32 Å². The third-order valence-corrected chi connectivity index (χ3v) is 5.13. The fourth-order valence-electron chi connectivity index (χ4n) is 3.60. The first kappa shape index (κ1) is 22.0. The second-order valence-electron chi connectivity index (χ2n) is 7.42. The normalized spacial score (nSPS) is 18.2. The molecule has 0 unspecified atom stereocenters. The molecule has 8 heteroatoms. The van der Waals surface area contributed by atoms with Gasteiger partial charge in [-0.05, 0) is 23.8 Å². The van der Waals surface area contributed by atoms with Crippen LogP contribution in [0.4, 0.5) is 0 Å². The second-order valence-corrected chi connectivity index (χ2v) is 7.42. The van der Waals surface area contributed by atoms with Crippen LogP contribution >= 0.6 is 0 Å². The Morgan fingerprint density at radius 2 is 1.94 bits per heavy atom. The highest BCUT2D eigenvalue weighted by atomic mass is 16.7. The van der Waals surface area contributed by atoms with E-state index in [0.29, 0.717) is 25.5 Å². The van der Waals surface area contributed by atoms with Gasteiger partial charge in [0.25, 0.3) is 5.91 Å². The van der Waals surface area contributed by atoms with Gasteiger partial charge in [-0.25, -0.2) is 4.98 Å². The number of aliphatic hydroxyl groups is 1. The lowest BCUT2D eigenvalue weighted by molar-refractivity contribution is -0.151. The number of hydrogen-bond donors (Lipinski definition) is 3. The van der Waals surface area contributed by atoms with Crippen molar-refractivity contribution in [3.8, 4) is 0 Å². The highest BCUT2D eigenvalue weighted by Gasteiger charge is 2.28. The Balaban J connectivity index is 1.41. The number of fused-ring (bicyclic) bond motifs is 1. The highest BCUT2D eigenvalue weighted by Crippen LogP contribution is 2.31. The van der Waals surface area contributed by atoms with Crippen molar-refractivity contribution in [2.45, 2.75) is 25.2 Å². The fourth-order valence-corrected chi connectivity index (χ4v) is 3.60. The third-order valence-electron chi connectivity index (χ3n) is 5.13. The first-order chi connectivity index (χ1) is 15.7. The topological polar surface area (TPSA) is 106 Å². The van der Waals surface area contributed by atoms with Crippen LogP contribution in [0.5, 0.6) is 0 Å². The van der Waals surface area contributed by atoms with Crippen molar-refractivity contribution in [1.29, 1.82) is 0 Å². The van der Waals surface area contributed by atoms with Crippen molar-refractivity contribution >= 4 is 16.9 Å². The number of aromatic amines is 1. The van der Waals surface area contributed by atoms with Crippen molar-refractivity contribution < 1.29 is 24.1 Å². The Morgan fingerprint density at radius 1 is 1.12 bits per heavy atom. The summed E-state index contributed by atoms with van der Waals surface area (Å²) in [7, 11) is 0. The summed E-state index contributed by atoms with van der Waals surface area (Å²) in [6.45, 7) is 1.13. The van der Waals surface area contributed by atoms with Crippen LogP contribution in [0, 0.1) is 0 Å². The minimum Gasteiger partial charge on any atom is -0.459 e. The number of nitrogens with one attached hydrogen (secondary N) is 2. The average Bonchev–Trinajstić information content (AvgIpc) is 3.26. The van der Waals surface area contributed by atoms with Crippen molar-refractivity contribution in [2.75, 3.05) is 26.4 Å². The van der Waals surface area contributed by atoms with Crippen LogP contribution in [0.3, 0.4) is 0 Å². The van der Waals surface area contributed by atoms with Gasteiger partial charge in [-0.1, -0.05) is 42.5 Å². The number of imidazole rings is 1. The molecule has 1 aromatic heterocycles. The van der Waals surface area contributed by atoms with Gasteiger partial charge in [-0.3, -0.25) is 4.79 Å². The van der Waals surface area contributed by atoms with E-state index in [0.717, 1.165) is 16.6 Å². The molecule has 2 atom stereocenters. The van der Waals surface area contributed by atoms with Gasteiger partial charge >= 0.3 is 0 Å². The predicted molar refractivity (Wildman–Crippen MR) is 119 cm³/mol. The first-order valence-corrected chi connectivity index (χ1v) is 10.7. The van der Waals surface area contributed by atoms with E-state index in [1.807, 2.05) is 60.7 Å². The van der Waals surface area contributed by atoms with E-state index < -0.39 is 6.29 Å². The zero-order valence-corrected chi connectivity index (χ0v) is 17.7. The summed E-state index contributed by atoms with van der Waals surface area (Å²) < 4.78 is 16.9. The van der Waals surface area contributed by atoms with Gasteiger partial charge in [-0.2, -0.15) is 0 Å². The summed E-state index contributed by atoms with van der Waals surface area (Å²) in [5.74, 6) is 0.559. The number of para-hydroxylation sites is 2. The maximum Gasteiger partial charge on any atom is 0.286 e. The maximum atomic E-state index is 12.9. The molecule has 3 N–H and O–H groups in total. The number of carbonyl (C=O) groups is 1. The number of aromatic nitrogens is 2. The van der Waals surface area contributed by atoms with E-state index in [1.165, 1.54) is 0 Å². The molecule has 8 nitrogen and oxygen atoms in total. The van der Waals surface area contributed by atoms with Crippen LogP contribution in [-0.2, 0) is 25.5 Å². The molecule has 0 saturated carbocycles. The molecule has 1 aliphatic rings. The van der Waals surface area contributed by atoms with Crippen molar-refractivity contribution in [1.82, 2.24) is 15.3 Å². The van der Waals surface area contributed by atoms with Gasteiger partial charge in [0.05, 0.1) is 44.0 Å². The van der Waals surface area contributed by atoms with Gasteiger partial charge in [-0.15, -0.1) is 0 Å². The fraction of sp³-hybridized carbons (Fsp3) is 0.333. The molecular formula is C24H27N3O5. The lowest BCUT2D eigenvalue weighted by Crippen LogP contribution is -2.33. The molecular weight excluding hydrogens is 410 g/mol. The van der Waals surface area contributed by atoms with E-state index in [1.54, 1.807) is 0 Å². The van der Waals surface area contributed by atoms with E-state index in [-0.39, 0.29) is 37.3 Å². The second kappa shape index (κ2) is 10.9. The van der Waals surface area contributed by atoms with Gasteiger partial charge in [0.1, 0.15) is 5.82 Å². The minimum absolute atomic E-state index is 0.0136. The number of hydrogen-bond acceptors (Lipinski definition) is 6. The van der Waals surface area contributed by atoms with E-state index in [9.17, 15) is 4.79 Å². The summed E-state index contributed by atoms with van der Waals surface area (Å²) in [5, 5.41) is 11.7. The van der Waals surface area contributed by atoms with Gasteiger partial charge in [0.2, 0.25) is 6.29 Å². The summed E-state index contributed by atoms with van der Waals surface area (Å²) in [5.41, 5.74) is 2.86. The molecule has 0 saturated heterocycles. The molecule has 1 amide bonds. The number of allylic oxidation sites excluding steroid dienone is 1. The van der Waals surface area contributed by atoms with Gasteiger partial charge in [0.15, 0.2) is 5.76 Å². The number of amides is 1. The Hall–Kier alpha value is -3.20. The van der Waals surface area contributed by atoms with Crippen molar-refractivity contribution in [3.63, 3.8) is 0 Å². The van der Waals surface area contributed by atoms with Crippen molar-refractivity contribution in [2.24, 2.45) is 0 Å². The van der Waals surface area contributed by atoms with Crippen LogP contribution in [-0.4, -0.2) is 53.7 Å². The summed E-state index contributed by atoms with van der Waals surface area (Å²) in [4.78, 5) is 20.6. The molecule has 2 aromatic carbocycles. The minimum atomic E-state index is -0.574. The molecule has 32 heavy (non-hydrogen) atoms. The zero-order chi connectivity index (χ0) is 22.2. The molecule has 3 aromatic rings.